The quantitative estimate of drug-likeness (QED) is 0.627. The van der Waals surface area contributed by atoms with Crippen LogP contribution in [0.2, 0.25) is 0 Å². The summed E-state index contributed by atoms with van der Waals surface area (Å²) in [5.41, 5.74) is 0. The molecule has 1 unspecified atom stereocenters. The van der Waals surface area contributed by atoms with Gasteiger partial charge in [0.1, 0.15) is 0 Å². The molecule has 1 aliphatic rings. The molecular weight excluding hydrogens is 138 g/mol. The highest BCUT2D eigenvalue weighted by Crippen LogP contribution is 2.33. The predicted molar refractivity (Wildman–Crippen MR) is 46.5 cm³/mol. The molecule has 0 radical (unpaired) electrons. The summed E-state index contributed by atoms with van der Waals surface area (Å²) in [5.74, 6) is 0.902. The lowest BCUT2D eigenvalue weighted by Crippen LogP contribution is -2.35. The van der Waals surface area contributed by atoms with Gasteiger partial charge in [-0.15, -0.1) is 0 Å². The number of hydrogen-bond donors (Lipinski definition) is 2. The Morgan fingerprint density at radius 1 is 1.55 bits per heavy atom. The first kappa shape index (κ1) is 9.01. The topological polar surface area (TPSA) is 32.3 Å². The second kappa shape index (κ2) is 4.07. The van der Waals surface area contributed by atoms with E-state index < -0.39 is 0 Å². The molecule has 1 fully saturated rings. The summed E-state index contributed by atoms with van der Waals surface area (Å²) >= 11 is 0. The summed E-state index contributed by atoms with van der Waals surface area (Å²) in [6, 6.07) is 0.657. The molecule has 1 rings (SSSR count). The summed E-state index contributed by atoms with van der Waals surface area (Å²) in [6.45, 7) is 4.78. The lowest BCUT2D eigenvalue weighted by Gasteiger charge is -2.16. The van der Waals surface area contributed by atoms with E-state index >= 15 is 0 Å². The Labute approximate surface area is 69.0 Å². The van der Waals surface area contributed by atoms with Crippen molar-refractivity contribution in [2.75, 3.05) is 6.54 Å². The first-order chi connectivity index (χ1) is 5.24. The molecule has 0 aromatic carbocycles. The molecule has 2 nitrogen and oxygen atoms in total. The monoisotopic (exact) mass is 157 g/mol. The summed E-state index contributed by atoms with van der Waals surface area (Å²) in [4.78, 5) is 0. The number of aliphatic hydroxyl groups excluding tert-OH is 1. The van der Waals surface area contributed by atoms with Crippen molar-refractivity contribution in [3.05, 3.63) is 0 Å². The Hall–Kier alpha value is -0.0800. The Balaban J connectivity index is 2.10. The van der Waals surface area contributed by atoms with Gasteiger partial charge in [-0.2, -0.15) is 0 Å². The van der Waals surface area contributed by atoms with E-state index in [1.54, 1.807) is 0 Å². The molecule has 0 aromatic rings. The third-order valence-corrected chi connectivity index (χ3v) is 2.31. The number of nitrogens with one attached hydrogen (secondary N) is 1. The lowest BCUT2D eigenvalue weighted by atomic mass is 10.1. The van der Waals surface area contributed by atoms with E-state index in [4.69, 9.17) is 5.11 Å². The van der Waals surface area contributed by atoms with Crippen LogP contribution in [0.5, 0.6) is 0 Å². The molecule has 0 amide bonds. The first-order valence-electron chi connectivity index (χ1n) is 4.65. The molecule has 1 aliphatic carbocycles. The minimum Gasteiger partial charge on any atom is -0.392 e. The first-order valence-corrected chi connectivity index (χ1v) is 4.65. The van der Waals surface area contributed by atoms with Crippen molar-refractivity contribution in [1.82, 2.24) is 5.32 Å². The average Bonchev–Trinajstić information content (AvgIpc) is 2.72. The molecule has 0 saturated heterocycles. The van der Waals surface area contributed by atoms with Crippen LogP contribution in [0.3, 0.4) is 0 Å². The maximum atomic E-state index is 9.04. The van der Waals surface area contributed by atoms with Crippen LogP contribution in [-0.4, -0.2) is 23.8 Å². The second-order valence-electron chi connectivity index (χ2n) is 3.61. The van der Waals surface area contributed by atoms with Crippen LogP contribution in [0, 0.1) is 5.92 Å². The summed E-state index contributed by atoms with van der Waals surface area (Å²) in [5, 5.41) is 12.4. The van der Waals surface area contributed by atoms with E-state index in [1.807, 2.05) is 6.92 Å². The van der Waals surface area contributed by atoms with Crippen LogP contribution < -0.4 is 5.32 Å². The summed E-state index contributed by atoms with van der Waals surface area (Å²) < 4.78 is 0. The average molecular weight is 157 g/mol. The van der Waals surface area contributed by atoms with Gasteiger partial charge in [0, 0.05) is 12.6 Å². The van der Waals surface area contributed by atoms with Gasteiger partial charge in [0.25, 0.3) is 0 Å². The van der Waals surface area contributed by atoms with Gasteiger partial charge in [-0.25, -0.2) is 0 Å². The molecule has 66 valence electrons. The van der Waals surface area contributed by atoms with Gasteiger partial charge in [0.05, 0.1) is 6.10 Å². The van der Waals surface area contributed by atoms with Crippen LogP contribution in [0.4, 0.5) is 0 Å². The van der Waals surface area contributed by atoms with Gasteiger partial charge >= 0.3 is 0 Å². The molecule has 1 saturated carbocycles. The SMILES string of the molecule is CCC(NC[C@H](C)O)C1CC1. The second-order valence-corrected chi connectivity index (χ2v) is 3.61. The van der Waals surface area contributed by atoms with Gasteiger partial charge in [0.2, 0.25) is 0 Å². The van der Waals surface area contributed by atoms with Gasteiger partial charge in [-0.1, -0.05) is 6.92 Å². The van der Waals surface area contributed by atoms with Gasteiger partial charge in [0.15, 0.2) is 0 Å². The fraction of sp³-hybridized carbons (Fsp3) is 1.00. The number of hydrogen-bond acceptors (Lipinski definition) is 2. The highest BCUT2D eigenvalue weighted by atomic mass is 16.3. The zero-order valence-electron chi connectivity index (χ0n) is 7.51. The molecule has 0 aliphatic heterocycles. The molecular formula is C9H19NO. The van der Waals surface area contributed by atoms with E-state index in [2.05, 4.69) is 12.2 Å². The fourth-order valence-electron chi connectivity index (χ4n) is 1.46. The van der Waals surface area contributed by atoms with Crippen LogP contribution >= 0.6 is 0 Å². The third-order valence-electron chi connectivity index (χ3n) is 2.31. The minimum absolute atomic E-state index is 0.206. The standard InChI is InChI=1S/C9H19NO/c1-3-9(8-4-5-8)10-6-7(2)11/h7-11H,3-6H2,1-2H3/t7-,9?/m0/s1. The largest absolute Gasteiger partial charge is 0.392 e. The van der Waals surface area contributed by atoms with Crippen molar-refractivity contribution in [2.45, 2.75) is 45.3 Å². The van der Waals surface area contributed by atoms with Crippen LogP contribution in [0.15, 0.2) is 0 Å². The van der Waals surface area contributed by atoms with Crippen LogP contribution in [0.25, 0.3) is 0 Å². The number of rotatable bonds is 5. The smallest absolute Gasteiger partial charge is 0.0636 e. The van der Waals surface area contributed by atoms with Crippen LogP contribution in [-0.2, 0) is 0 Å². The molecule has 0 heterocycles. The Morgan fingerprint density at radius 3 is 2.55 bits per heavy atom. The van der Waals surface area contributed by atoms with Gasteiger partial charge in [-0.05, 0) is 32.1 Å². The van der Waals surface area contributed by atoms with Crippen molar-refractivity contribution in [2.24, 2.45) is 5.92 Å². The molecule has 2 heteroatoms. The van der Waals surface area contributed by atoms with Gasteiger partial charge < -0.3 is 10.4 Å². The molecule has 0 spiro atoms. The van der Waals surface area contributed by atoms with Gasteiger partial charge in [-0.3, -0.25) is 0 Å². The minimum atomic E-state index is -0.206. The van der Waals surface area contributed by atoms with E-state index in [1.165, 1.54) is 19.3 Å². The van der Waals surface area contributed by atoms with Crippen molar-refractivity contribution in [3.8, 4) is 0 Å². The third kappa shape index (κ3) is 3.21. The zero-order chi connectivity index (χ0) is 8.27. The van der Waals surface area contributed by atoms with Crippen LogP contribution in [0.1, 0.15) is 33.1 Å². The van der Waals surface area contributed by atoms with Crippen molar-refractivity contribution >= 4 is 0 Å². The Bertz CT molecular complexity index is 110. The summed E-state index contributed by atoms with van der Waals surface area (Å²) in [6.07, 6.45) is 3.75. The zero-order valence-corrected chi connectivity index (χ0v) is 7.51. The predicted octanol–water partition coefficient (Wildman–Crippen LogP) is 1.15. The van der Waals surface area contributed by atoms with Crippen molar-refractivity contribution < 1.29 is 5.11 Å². The fourth-order valence-corrected chi connectivity index (χ4v) is 1.46. The van der Waals surface area contributed by atoms with E-state index in [0.29, 0.717) is 6.04 Å². The molecule has 11 heavy (non-hydrogen) atoms. The lowest BCUT2D eigenvalue weighted by molar-refractivity contribution is 0.183. The molecule has 0 bridgehead atoms. The van der Waals surface area contributed by atoms with E-state index in [9.17, 15) is 0 Å². The van der Waals surface area contributed by atoms with Crippen molar-refractivity contribution in [1.29, 1.82) is 0 Å². The highest BCUT2D eigenvalue weighted by molar-refractivity contribution is 4.85. The van der Waals surface area contributed by atoms with Crippen molar-refractivity contribution in [3.63, 3.8) is 0 Å². The molecule has 0 aromatic heterocycles. The summed E-state index contributed by atoms with van der Waals surface area (Å²) in [7, 11) is 0. The maximum Gasteiger partial charge on any atom is 0.0636 e. The normalized spacial score (nSPS) is 23.2. The Kier molecular flexibility index (Phi) is 3.34. The van der Waals surface area contributed by atoms with E-state index in [-0.39, 0.29) is 6.10 Å². The molecule has 2 atom stereocenters. The molecule has 2 N–H and O–H groups in total. The maximum absolute atomic E-state index is 9.04. The number of aliphatic hydroxyl groups is 1. The highest BCUT2D eigenvalue weighted by Gasteiger charge is 2.29. The van der Waals surface area contributed by atoms with E-state index in [0.717, 1.165) is 12.5 Å². The Morgan fingerprint density at radius 2 is 2.18 bits per heavy atom.